The molecule has 2 aromatic rings. The van der Waals surface area contributed by atoms with Crippen molar-refractivity contribution in [1.82, 2.24) is 14.5 Å². The van der Waals surface area contributed by atoms with Crippen LogP contribution < -0.4 is 11.0 Å². The molecule has 34 heavy (non-hydrogen) atoms. The van der Waals surface area contributed by atoms with E-state index in [2.05, 4.69) is 24.1 Å². The summed E-state index contributed by atoms with van der Waals surface area (Å²) in [4.78, 5) is 48.9. The van der Waals surface area contributed by atoms with Crippen molar-refractivity contribution in [2.24, 2.45) is 18.9 Å². The smallest absolute Gasteiger partial charge is 0.329 e. The standard InChI is InChI=1S/C26H31N3O5/c1-3-4-15-34-25(32)19-10-7-17(8-11-19)5-6-18-9-12-20-22(16-18)28(2)26(33)29(20)21-13-14-23(30)27-24(21)31/h9,12,16-17,19,21H,3-4,7-8,10-11,13-15H2,1-2H3,(H,27,30,31). The highest BCUT2D eigenvalue weighted by molar-refractivity contribution is 6.00. The zero-order chi connectivity index (χ0) is 24.2. The van der Waals surface area contributed by atoms with E-state index in [1.807, 2.05) is 18.2 Å². The third kappa shape index (κ3) is 4.93. The van der Waals surface area contributed by atoms with Crippen LogP contribution in [0.15, 0.2) is 23.0 Å². The minimum Gasteiger partial charge on any atom is -0.465 e. The van der Waals surface area contributed by atoms with Crippen LogP contribution in [-0.4, -0.2) is 33.5 Å². The van der Waals surface area contributed by atoms with E-state index in [0.717, 1.165) is 44.1 Å². The first-order valence-corrected chi connectivity index (χ1v) is 12.1. The van der Waals surface area contributed by atoms with Crippen LogP contribution >= 0.6 is 0 Å². The summed E-state index contributed by atoms with van der Waals surface area (Å²) in [5.41, 5.74) is 1.85. The Kier molecular flexibility index (Phi) is 7.20. The summed E-state index contributed by atoms with van der Waals surface area (Å²) in [7, 11) is 1.67. The van der Waals surface area contributed by atoms with E-state index in [-0.39, 0.29) is 35.8 Å². The number of hydrogen-bond acceptors (Lipinski definition) is 5. The summed E-state index contributed by atoms with van der Waals surface area (Å²) in [6.45, 7) is 2.58. The molecule has 8 heteroatoms. The van der Waals surface area contributed by atoms with Crippen molar-refractivity contribution in [2.45, 2.75) is 64.3 Å². The molecule has 1 aliphatic heterocycles. The Bertz CT molecular complexity index is 1220. The molecule has 4 rings (SSSR count). The van der Waals surface area contributed by atoms with Gasteiger partial charge in [-0.1, -0.05) is 25.2 Å². The van der Waals surface area contributed by atoms with E-state index in [0.29, 0.717) is 24.1 Å². The van der Waals surface area contributed by atoms with Crippen molar-refractivity contribution in [3.63, 3.8) is 0 Å². The van der Waals surface area contributed by atoms with Crippen LogP contribution in [0.1, 0.15) is 69.9 Å². The first kappa shape index (κ1) is 23.8. The maximum Gasteiger partial charge on any atom is 0.329 e. The number of ether oxygens (including phenoxy) is 1. The number of hydrogen-bond donors (Lipinski definition) is 1. The maximum absolute atomic E-state index is 12.9. The van der Waals surface area contributed by atoms with Crippen molar-refractivity contribution in [1.29, 1.82) is 0 Å². The van der Waals surface area contributed by atoms with Gasteiger partial charge in [0.2, 0.25) is 11.8 Å². The molecule has 2 fully saturated rings. The molecule has 1 aromatic carbocycles. The molecule has 1 saturated carbocycles. The molecule has 2 heterocycles. The Morgan fingerprint density at radius 1 is 1.12 bits per heavy atom. The van der Waals surface area contributed by atoms with Crippen LogP contribution in [0.4, 0.5) is 0 Å². The molecule has 0 bridgehead atoms. The van der Waals surface area contributed by atoms with Crippen molar-refractivity contribution < 1.29 is 19.1 Å². The Balaban J connectivity index is 1.46. The molecule has 2 aliphatic rings. The van der Waals surface area contributed by atoms with Gasteiger partial charge in [-0.3, -0.25) is 28.8 Å². The number of nitrogens with zero attached hydrogens (tertiary/aromatic N) is 2. The lowest BCUT2D eigenvalue weighted by atomic mass is 9.82. The monoisotopic (exact) mass is 465 g/mol. The molecule has 1 aliphatic carbocycles. The van der Waals surface area contributed by atoms with Gasteiger partial charge in [-0.25, -0.2) is 4.79 Å². The fourth-order valence-corrected chi connectivity index (χ4v) is 4.76. The van der Waals surface area contributed by atoms with Crippen LogP contribution in [0.25, 0.3) is 11.0 Å². The summed E-state index contributed by atoms with van der Waals surface area (Å²) >= 11 is 0. The van der Waals surface area contributed by atoms with Gasteiger partial charge >= 0.3 is 11.7 Å². The molecule has 2 amide bonds. The Labute approximate surface area is 198 Å². The van der Waals surface area contributed by atoms with Gasteiger partial charge in [0.25, 0.3) is 0 Å². The number of amides is 2. The first-order valence-electron chi connectivity index (χ1n) is 12.1. The van der Waals surface area contributed by atoms with Gasteiger partial charge in [0, 0.05) is 24.9 Å². The quantitative estimate of drug-likeness (QED) is 0.317. The van der Waals surface area contributed by atoms with Gasteiger partial charge < -0.3 is 4.74 Å². The molecule has 180 valence electrons. The molecule has 1 saturated heterocycles. The van der Waals surface area contributed by atoms with Crippen molar-refractivity contribution >= 4 is 28.8 Å². The van der Waals surface area contributed by atoms with Gasteiger partial charge in [-0.2, -0.15) is 0 Å². The Hall–Kier alpha value is -3.34. The van der Waals surface area contributed by atoms with E-state index in [4.69, 9.17) is 4.74 Å². The summed E-state index contributed by atoms with van der Waals surface area (Å²) in [5, 5.41) is 2.32. The molecular weight excluding hydrogens is 434 g/mol. The number of aromatic nitrogens is 2. The van der Waals surface area contributed by atoms with E-state index in [1.165, 1.54) is 9.13 Å². The van der Waals surface area contributed by atoms with Gasteiger partial charge in [-0.15, -0.1) is 0 Å². The second-order valence-electron chi connectivity index (χ2n) is 9.22. The lowest BCUT2D eigenvalue weighted by molar-refractivity contribution is -0.150. The minimum atomic E-state index is -0.699. The molecular formula is C26H31N3O5. The number of imidazole rings is 1. The fraction of sp³-hybridized carbons (Fsp3) is 0.538. The Morgan fingerprint density at radius 2 is 1.88 bits per heavy atom. The second kappa shape index (κ2) is 10.3. The van der Waals surface area contributed by atoms with Gasteiger partial charge in [0.15, 0.2) is 0 Å². The highest BCUT2D eigenvalue weighted by Crippen LogP contribution is 2.29. The van der Waals surface area contributed by atoms with Crippen LogP contribution in [0.2, 0.25) is 0 Å². The number of benzene rings is 1. The van der Waals surface area contributed by atoms with Crippen molar-refractivity contribution in [2.75, 3.05) is 6.61 Å². The molecule has 0 radical (unpaired) electrons. The maximum atomic E-state index is 12.9. The molecule has 1 N–H and O–H groups in total. The Morgan fingerprint density at radius 3 is 2.59 bits per heavy atom. The lowest BCUT2D eigenvalue weighted by Crippen LogP contribution is -2.44. The summed E-state index contributed by atoms with van der Waals surface area (Å²) in [6.07, 6.45) is 5.76. The summed E-state index contributed by atoms with van der Waals surface area (Å²) in [5.74, 6) is 5.94. The number of imide groups is 1. The first-order chi connectivity index (χ1) is 16.4. The third-order valence-corrected chi connectivity index (χ3v) is 6.83. The summed E-state index contributed by atoms with van der Waals surface area (Å²) in [6, 6.07) is 4.83. The van der Waals surface area contributed by atoms with Crippen molar-refractivity contribution in [3.8, 4) is 11.8 Å². The van der Waals surface area contributed by atoms with E-state index in [1.54, 1.807) is 7.05 Å². The zero-order valence-corrected chi connectivity index (χ0v) is 19.8. The molecule has 0 spiro atoms. The highest BCUT2D eigenvalue weighted by atomic mass is 16.5. The lowest BCUT2D eigenvalue weighted by Gasteiger charge is -2.24. The number of rotatable bonds is 5. The molecule has 1 unspecified atom stereocenters. The largest absolute Gasteiger partial charge is 0.465 e. The SMILES string of the molecule is CCCCOC(=O)C1CCC(C#Cc2ccc3c(c2)n(C)c(=O)n3C2CCC(=O)NC2=O)CC1. The van der Waals surface area contributed by atoms with E-state index >= 15 is 0 Å². The minimum absolute atomic E-state index is 0.0205. The highest BCUT2D eigenvalue weighted by Gasteiger charge is 2.31. The average Bonchev–Trinajstić information content (AvgIpc) is 3.08. The van der Waals surface area contributed by atoms with Gasteiger partial charge in [-0.05, 0) is 56.7 Å². The predicted molar refractivity (Wildman–Crippen MR) is 127 cm³/mol. The van der Waals surface area contributed by atoms with Crippen LogP contribution in [0.3, 0.4) is 0 Å². The second-order valence-corrected chi connectivity index (χ2v) is 9.22. The number of fused-ring (bicyclic) bond motifs is 1. The van der Waals surface area contributed by atoms with Crippen molar-refractivity contribution in [3.05, 3.63) is 34.2 Å². The van der Waals surface area contributed by atoms with Gasteiger partial charge in [0.05, 0.1) is 23.6 Å². The number of esters is 1. The number of unbranched alkanes of at least 4 members (excludes halogenated alkanes) is 1. The molecule has 8 nitrogen and oxygen atoms in total. The van der Waals surface area contributed by atoms with Crippen LogP contribution in [-0.2, 0) is 26.2 Å². The average molecular weight is 466 g/mol. The third-order valence-electron chi connectivity index (χ3n) is 6.83. The molecule has 1 atom stereocenters. The van der Waals surface area contributed by atoms with Crippen LogP contribution in [0, 0.1) is 23.7 Å². The number of piperidine rings is 1. The van der Waals surface area contributed by atoms with Gasteiger partial charge in [0.1, 0.15) is 6.04 Å². The zero-order valence-electron chi connectivity index (χ0n) is 19.8. The number of carbonyl (C=O) groups excluding carboxylic acids is 3. The molecule has 1 aromatic heterocycles. The normalized spacial score (nSPS) is 22.7. The number of nitrogens with one attached hydrogen (secondary N) is 1. The van der Waals surface area contributed by atoms with E-state index in [9.17, 15) is 19.2 Å². The van der Waals surface area contributed by atoms with Crippen LogP contribution in [0.5, 0.6) is 0 Å². The van der Waals surface area contributed by atoms with E-state index < -0.39 is 11.9 Å². The number of aryl methyl sites for hydroxylation is 1. The number of carbonyl (C=O) groups is 3. The predicted octanol–water partition coefficient (Wildman–Crippen LogP) is 2.82. The topological polar surface area (TPSA) is 99.4 Å². The fourth-order valence-electron chi connectivity index (χ4n) is 4.76. The summed E-state index contributed by atoms with van der Waals surface area (Å²) < 4.78 is 8.34.